The van der Waals surface area contributed by atoms with E-state index in [0.717, 1.165) is 6.26 Å². The average Bonchev–Trinajstić information content (AvgIpc) is 2.15. The SMILES string of the molecule is CS(=O)(=O)NCC1(C(=O)O)CCOCC1. The molecule has 1 aliphatic heterocycles. The van der Waals surface area contributed by atoms with E-state index in [9.17, 15) is 13.2 Å². The fourth-order valence-corrected chi connectivity index (χ4v) is 2.04. The lowest BCUT2D eigenvalue weighted by atomic mass is 9.80. The van der Waals surface area contributed by atoms with Gasteiger partial charge in [-0.25, -0.2) is 13.1 Å². The fraction of sp³-hybridized carbons (Fsp3) is 0.875. The molecule has 0 amide bonds. The van der Waals surface area contributed by atoms with Crippen LogP contribution in [-0.2, 0) is 19.6 Å². The summed E-state index contributed by atoms with van der Waals surface area (Å²) in [7, 11) is -3.35. The molecule has 1 rings (SSSR count). The van der Waals surface area contributed by atoms with Gasteiger partial charge in [-0.15, -0.1) is 0 Å². The lowest BCUT2D eigenvalue weighted by molar-refractivity contribution is -0.154. The summed E-state index contributed by atoms with van der Waals surface area (Å²) < 4.78 is 29.1. The molecule has 7 heteroatoms. The number of carboxylic acid groups (broad SMARTS) is 1. The molecule has 6 nitrogen and oxygen atoms in total. The Labute approximate surface area is 88.7 Å². The Kier molecular flexibility index (Phi) is 3.69. The Hall–Kier alpha value is -0.660. The van der Waals surface area contributed by atoms with E-state index in [-0.39, 0.29) is 6.54 Å². The number of aliphatic carboxylic acids is 1. The van der Waals surface area contributed by atoms with Gasteiger partial charge in [0.05, 0.1) is 11.7 Å². The topological polar surface area (TPSA) is 92.7 Å². The minimum Gasteiger partial charge on any atom is -0.481 e. The Morgan fingerprint density at radius 3 is 2.40 bits per heavy atom. The van der Waals surface area contributed by atoms with Crippen molar-refractivity contribution in [1.29, 1.82) is 0 Å². The molecular formula is C8H15NO5S. The van der Waals surface area contributed by atoms with E-state index in [2.05, 4.69) is 4.72 Å². The summed E-state index contributed by atoms with van der Waals surface area (Å²) in [6, 6.07) is 0. The van der Waals surface area contributed by atoms with Crippen LogP contribution in [0, 0.1) is 5.41 Å². The number of carboxylic acids is 1. The summed E-state index contributed by atoms with van der Waals surface area (Å²) in [5.41, 5.74) is -1.01. The van der Waals surface area contributed by atoms with E-state index >= 15 is 0 Å². The van der Waals surface area contributed by atoms with Crippen LogP contribution in [0.25, 0.3) is 0 Å². The third-order valence-corrected chi connectivity index (χ3v) is 3.25. The maximum absolute atomic E-state index is 11.1. The van der Waals surface area contributed by atoms with Gasteiger partial charge in [0.2, 0.25) is 10.0 Å². The first-order chi connectivity index (χ1) is 6.86. The van der Waals surface area contributed by atoms with Gasteiger partial charge in [-0.2, -0.15) is 0 Å². The van der Waals surface area contributed by atoms with Gasteiger partial charge >= 0.3 is 5.97 Å². The van der Waals surface area contributed by atoms with Crippen LogP contribution in [0.5, 0.6) is 0 Å². The number of sulfonamides is 1. The molecule has 1 heterocycles. The zero-order valence-electron chi connectivity index (χ0n) is 8.52. The Balaban J connectivity index is 2.69. The predicted octanol–water partition coefficient (Wildman–Crippen LogP) is -0.583. The Bertz CT molecular complexity index is 331. The first kappa shape index (κ1) is 12.4. The first-order valence-electron chi connectivity index (χ1n) is 4.62. The predicted molar refractivity (Wildman–Crippen MR) is 53.0 cm³/mol. The highest BCUT2D eigenvalue weighted by Gasteiger charge is 2.40. The van der Waals surface area contributed by atoms with Crippen LogP contribution in [0.3, 0.4) is 0 Å². The minimum atomic E-state index is -3.35. The zero-order chi connectivity index (χ0) is 11.5. The highest BCUT2D eigenvalue weighted by atomic mass is 32.2. The number of hydrogen-bond acceptors (Lipinski definition) is 4. The van der Waals surface area contributed by atoms with E-state index in [4.69, 9.17) is 9.84 Å². The van der Waals surface area contributed by atoms with Gasteiger partial charge < -0.3 is 9.84 Å². The summed E-state index contributed by atoms with van der Waals surface area (Å²) in [5, 5.41) is 9.10. The van der Waals surface area contributed by atoms with Crippen LogP contribution in [0.15, 0.2) is 0 Å². The van der Waals surface area contributed by atoms with Crippen LogP contribution < -0.4 is 4.72 Å². The molecule has 0 spiro atoms. The normalized spacial score (nSPS) is 21.1. The molecule has 0 aromatic rings. The van der Waals surface area contributed by atoms with E-state index in [1.807, 2.05) is 0 Å². The third-order valence-electron chi connectivity index (χ3n) is 2.58. The first-order valence-corrected chi connectivity index (χ1v) is 6.51. The average molecular weight is 237 g/mol. The van der Waals surface area contributed by atoms with E-state index in [1.54, 1.807) is 0 Å². The molecule has 0 radical (unpaired) electrons. The lowest BCUT2D eigenvalue weighted by Crippen LogP contribution is -2.46. The van der Waals surface area contributed by atoms with Crippen molar-refractivity contribution in [2.24, 2.45) is 5.41 Å². The van der Waals surface area contributed by atoms with Crippen molar-refractivity contribution in [1.82, 2.24) is 4.72 Å². The lowest BCUT2D eigenvalue weighted by Gasteiger charge is -2.32. The van der Waals surface area contributed by atoms with Gasteiger partial charge in [0.15, 0.2) is 0 Å². The molecule has 0 atom stereocenters. The van der Waals surface area contributed by atoms with Gasteiger partial charge in [0.1, 0.15) is 0 Å². The molecule has 1 saturated heterocycles. The number of hydrogen-bond donors (Lipinski definition) is 2. The highest BCUT2D eigenvalue weighted by molar-refractivity contribution is 7.88. The van der Waals surface area contributed by atoms with Crippen LogP contribution in [0.2, 0.25) is 0 Å². The van der Waals surface area contributed by atoms with E-state index in [0.29, 0.717) is 26.1 Å². The summed E-state index contributed by atoms with van der Waals surface area (Å²) in [4.78, 5) is 11.1. The van der Waals surface area contributed by atoms with Crippen molar-refractivity contribution >= 4 is 16.0 Å². The van der Waals surface area contributed by atoms with Gasteiger partial charge in [0, 0.05) is 19.8 Å². The molecular weight excluding hydrogens is 222 g/mol. The Morgan fingerprint density at radius 2 is 2.00 bits per heavy atom. The molecule has 0 saturated carbocycles. The molecule has 1 fully saturated rings. The molecule has 0 aromatic carbocycles. The molecule has 2 N–H and O–H groups in total. The second-order valence-corrected chi connectivity index (χ2v) is 5.62. The van der Waals surface area contributed by atoms with Gasteiger partial charge in [-0.1, -0.05) is 0 Å². The smallest absolute Gasteiger partial charge is 0.311 e. The monoisotopic (exact) mass is 237 g/mol. The van der Waals surface area contributed by atoms with Crippen molar-refractivity contribution in [3.05, 3.63) is 0 Å². The van der Waals surface area contributed by atoms with Gasteiger partial charge in [-0.3, -0.25) is 4.79 Å². The van der Waals surface area contributed by atoms with Crippen molar-refractivity contribution in [2.75, 3.05) is 26.0 Å². The fourth-order valence-electron chi connectivity index (χ4n) is 1.50. The van der Waals surface area contributed by atoms with Crippen LogP contribution in [0.4, 0.5) is 0 Å². The molecule has 0 bridgehead atoms. The van der Waals surface area contributed by atoms with Gasteiger partial charge in [0.25, 0.3) is 0 Å². The molecule has 0 aliphatic carbocycles. The van der Waals surface area contributed by atoms with Crippen LogP contribution >= 0.6 is 0 Å². The summed E-state index contributed by atoms with van der Waals surface area (Å²) in [5.74, 6) is -0.970. The maximum Gasteiger partial charge on any atom is 0.311 e. The van der Waals surface area contributed by atoms with Crippen LogP contribution in [0.1, 0.15) is 12.8 Å². The molecule has 0 aromatic heterocycles. The summed E-state index contributed by atoms with van der Waals surface area (Å²) in [6.45, 7) is 0.653. The molecule has 15 heavy (non-hydrogen) atoms. The van der Waals surface area contributed by atoms with E-state index in [1.165, 1.54) is 0 Å². The zero-order valence-corrected chi connectivity index (χ0v) is 9.34. The third kappa shape index (κ3) is 3.44. The molecule has 88 valence electrons. The maximum atomic E-state index is 11.1. The van der Waals surface area contributed by atoms with Crippen molar-refractivity contribution in [3.63, 3.8) is 0 Å². The Morgan fingerprint density at radius 1 is 1.47 bits per heavy atom. The van der Waals surface area contributed by atoms with Crippen molar-refractivity contribution in [2.45, 2.75) is 12.8 Å². The number of nitrogens with one attached hydrogen (secondary N) is 1. The second-order valence-electron chi connectivity index (χ2n) is 3.79. The largest absolute Gasteiger partial charge is 0.481 e. The number of carbonyl (C=O) groups is 1. The van der Waals surface area contributed by atoms with Gasteiger partial charge in [-0.05, 0) is 12.8 Å². The second kappa shape index (κ2) is 4.46. The van der Waals surface area contributed by atoms with Crippen molar-refractivity contribution < 1.29 is 23.1 Å². The molecule has 0 unspecified atom stereocenters. The van der Waals surface area contributed by atoms with E-state index < -0.39 is 21.4 Å². The van der Waals surface area contributed by atoms with Crippen LogP contribution in [-0.4, -0.2) is 45.5 Å². The van der Waals surface area contributed by atoms with Crippen molar-refractivity contribution in [3.8, 4) is 0 Å². The number of rotatable bonds is 4. The number of ether oxygens (including phenoxy) is 1. The molecule has 1 aliphatic rings. The summed E-state index contributed by atoms with van der Waals surface area (Å²) >= 11 is 0. The minimum absolute atomic E-state index is 0.0650. The summed E-state index contributed by atoms with van der Waals surface area (Å²) in [6.07, 6.45) is 1.69. The quantitative estimate of drug-likeness (QED) is 0.682. The standard InChI is InChI=1S/C8H15NO5S/c1-15(12,13)9-6-8(7(10)11)2-4-14-5-3-8/h9H,2-6H2,1H3,(H,10,11). The highest BCUT2D eigenvalue weighted by Crippen LogP contribution is 2.30.